The van der Waals surface area contributed by atoms with Crippen LogP contribution in [0, 0.1) is 6.92 Å². The molecular weight excluding hydrogens is 240 g/mol. The fourth-order valence-electron chi connectivity index (χ4n) is 2.35. The van der Waals surface area contributed by atoms with Gasteiger partial charge in [-0.2, -0.15) is 0 Å². The fourth-order valence-corrected chi connectivity index (χ4v) is 2.35. The average Bonchev–Trinajstić information content (AvgIpc) is 3.04. The maximum Gasteiger partial charge on any atom is 0.170 e. The number of nitrogens with zero attached hydrogens (tertiary/aromatic N) is 2. The van der Waals surface area contributed by atoms with E-state index in [2.05, 4.69) is 4.98 Å². The molecule has 0 spiro atoms. The van der Waals surface area contributed by atoms with E-state index < -0.39 is 0 Å². The maximum atomic E-state index is 11.1. The molecule has 0 radical (unpaired) electrons. The molecule has 0 unspecified atom stereocenters. The van der Waals surface area contributed by atoms with Crippen molar-refractivity contribution < 1.29 is 9.21 Å². The largest absolute Gasteiger partial charge is 0.469 e. The SMILES string of the molecule is Cc1cccc2c(C=O)nc(CCc3ccco3)n12. The van der Waals surface area contributed by atoms with Crippen molar-refractivity contribution in [3.05, 3.63) is 59.6 Å². The van der Waals surface area contributed by atoms with E-state index in [0.29, 0.717) is 5.69 Å². The van der Waals surface area contributed by atoms with E-state index in [-0.39, 0.29) is 0 Å². The highest BCUT2D eigenvalue weighted by Crippen LogP contribution is 2.16. The van der Waals surface area contributed by atoms with Gasteiger partial charge in [0.2, 0.25) is 0 Å². The minimum atomic E-state index is 0.498. The summed E-state index contributed by atoms with van der Waals surface area (Å²) in [5.74, 6) is 1.82. The zero-order valence-electron chi connectivity index (χ0n) is 10.7. The molecule has 3 aromatic heterocycles. The predicted octanol–water partition coefficient (Wildman–Crippen LogP) is 2.83. The molecule has 0 aromatic carbocycles. The van der Waals surface area contributed by atoms with Crippen LogP contribution in [0.5, 0.6) is 0 Å². The molecule has 4 heteroatoms. The Morgan fingerprint density at radius 2 is 2.16 bits per heavy atom. The number of fused-ring (bicyclic) bond motifs is 1. The van der Waals surface area contributed by atoms with E-state index in [1.54, 1.807) is 6.26 Å². The first-order valence-electron chi connectivity index (χ1n) is 6.24. The van der Waals surface area contributed by atoms with Crippen molar-refractivity contribution >= 4 is 11.8 Å². The summed E-state index contributed by atoms with van der Waals surface area (Å²) in [4.78, 5) is 15.5. The minimum absolute atomic E-state index is 0.498. The second kappa shape index (κ2) is 4.72. The van der Waals surface area contributed by atoms with Gasteiger partial charge in [0.15, 0.2) is 6.29 Å². The zero-order valence-corrected chi connectivity index (χ0v) is 10.7. The molecule has 0 aliphatic rings. The van der Waals surface area contributed by atoms with Crippen LogP contribution >= 0.6 is 0 Å². The Hall–Kier alpha value is -2.36. The maximum absolute atomic E-state index is 11.1. The number of furan rings is 1. The molecule has 0 N–H and O–H groups in total. The first-order valence-corrected chi connectivity index (χ1v) is 6.24. The minimum Gasteiger partial charge on any atom is -0.469 e. The first kappa shape index (κ1) is 11.7. The highest BCUT2D eigenvalue weighted by atomic mass is 16.3. The molecular formula is C15H14N2O2. The van der Waals surface area contributed by atoms with Crippen molar-refractivity contribution in [2.24, 2.45) is 0 Å². The molecule has 3 rings (SSSR count). The third kappa shape index (κ3) is 2.05. The first-order chi connectivity index (χ1) is 9.29. The van der Waals surface area contributed by atoms with E-state index in [1.165, 1.54) is 0 Å². The van der Waals surface area contributed by atoms with Gasteiger partial charge in [0.25, 0.3) is 0 Å². The molecule has 19 heavy (non-hydrogen) atoms. The fraction of sp³-hybridized carbons (Fsp3) is 0.200. The van der Waals surface area contributed by atoms with E-state index >= 15 is 0 Å². The Kier molecular flexibility index (Phi) is 2.91. The lowest BCUT2D eigenvalue weighted by atomic mass is 10.2. The van der Waals surface area contributed by atoms with Crippen molar-refractivity contribution in [2.75, 3.05) is 0 Å². The normalized spacial score (nSPS) is 11.0. The predicted molar refractivity (Wildman–Crippen MR) is 71.4 cm³/mol. The lowest BCUT2D eigenvalue weighted by molar-refractivity contribution is 0.112. The smallest absolute Gasteiger partial charge is 0.170 e. The van der Waals surface area contributed by atoms with Crippen molar-refractivity contribution in [1.29, 1.82) is 0 Å². The highest BCUT2D eigenvalue weighted by molar-refractivity contribution is 5.83. The summed E-state index contributed by atoms with van der Waals surface area (Å²) in [6, 6.07) is 9.69. The topological polar surface area (TPSA) is 47.5 Å². The zero-order chi connectivity index (χ0) is 13.2. The Labute approximate surface area is 110 Å². The number of aryl methyl sites for hydroxylation is 3. The third-order valence-electron chi connectivity index (χ3n) is 3.24. The number of hydrogen-bond donors (Lipinski definition) is 0. The van der Waals surface area contributed by atoms with Crippen molar-refractivity contribution in [3.8, 4) is 0 Å². The van der Waals surface area contributed by atoms with Crippen LogP contribution in [0.15, 0.2) is 41.0 Å². The lowest BCUT2D eigenvalue weighted by Crippen LogP contribution is -2.00. The Morgan fingerprint density at radius 1 is 1.26 bits per heavy atom. The molecule has 0 aliphatic carbocycles. The second-order valence-corrected chi connectivity index (χ2v) is 4.50. The molecule has 0 fully saturated rings. The molecule has 3 heterocycles. The van der Waals surface area contributed by atoms with E-state index in [4.69, 9.17) is 4.42 Å². The summed E-state index contributed by atoms with van der Waals surface area (Å²) < 4.78 is 7.36. The van der Waals surface area contributed by atoms with Gasteiger partial charge in [-0.25, -0.2) is 4.98 Å². The monoisotopic (exact) mass is 254 g/mol. The van der Waals surface area contributed by atoms with Gasteiger partial charge in [-0.3, -0.25) is 4.79 Å². The van der Waals surface area contributed by atoms with Crippen LogP contribution < -0.4 is 0 Å². The van der Waals surface area contributed by atoms with Gasteiger partial charge < -0.3 is 8.82 Å². The summed E-state index contributed by atoms with van der Waals surface area (Å²) in [7, 11) is 0. The second-order valence-electron chi connectivity index (χ2n) is 4.50. The van der Waals surface area contributed by atoms with Gasteiger partial charge in [-0.05, 0) is 31.2 Å². The summed E-state index contributed by atoms with van der Waals surface area (Å²) in [5.41, 5.74) is 2.44. The van der Waals surface area contributed by atoms with Crippen LogP contribution in [-0.4, -0.2) is 15.7 Å². The standard InChI is InChI=1S/C15H14N2O2/c1-11-4-2-6-14-13(10-18)16-15(17(11)14)8-7-12-5-3-9-19-12/h2-6,9-10H,7-8H2,1H3. The summed E-state index contributed by atoms with van der Waals surface area (Å²) in [6.07, 6.45) is 4.00. The third-order valence-corrected chi connectivity index (χ3v) is 3.24. The van der Waals surface area contributed by atoms with E-state index in [9.17, 15) is 4.79 Å². The number of pyridine rings is 1. The quantitative estimate of drug-likeness (QED) is 0.673. The van der Waals surface area contributed by atoms with Crippen LogP contribution in [0.3, 0.4) is 0 Å². The van der Waals surface area contributed by atoms with Crippen LogP contribution in [0.25, 0.3) is 5.52 Å². The van der Waals surface area contributed by atoms with Gasteiger partial charge in [0, 0.05) is 18.5 Å². The molecule has 4 nitrogen and oxygen atoms in total. The molecule has 0 amide bonds. The summed E-state index contributed by atoms with van der Waals surface area (Å²) in [6.45, 7) is 2.01. The van der Waals surface area contributed by atoms with Crippen molar-refractivity contribution in [2.45, 2.75) is 19.8 Å². The molecule has 0 atom stereocenters. The highest BCUT2D eigenvalue weighted by Gasteiger charge is 2.12. The Morgan fingerprint density at radius 3 is 2.89 bits per heavy atom. The molecule has 0 aliphatic heterocycles. The van der Waals surface area contributed by atoms with E-state index in [1.807, 2.05) is 41.7 Å². The van der Waals surface area contributed by atoms with Crippen LogP contribution in [0.2, 0.25) is 0 Å². The molecule has 0 bridgehead atoms. The van der Waals surface area contributed by atoms with Crippen molar-refractivity contribution in [1.82, 2.24) is 9.38 Å². The number of carbonyl (C=O) groups is 1. The average molecular weight is 254 g/mol. The van der Waals surface area contributed by atoms with Crippen LogP contribution in [0.4, 0.5) is 0 Å². The number of aldehydes is 1. The number of aromatic nitrogens is 2. The summed E-state index contributed by atoms with van der Waals surface area (Å²) in [5, 5.41) is 0. The lowest BCUT2D eigenvalue weighted by Gasteiger charge is -2.04. The van der Waals surface area contributed by atoms with Crippen LogP contribution in [0.1, 0.15) is 27.8 Å². The number of imidazole rings is 1. The Balaban J connectivity index is 2.00. The van der Waals surface area contributed by atoms with Gasteiger partial charge in [0.05, 0.1) is 11.8 Å². The van der Waals surface area contributed by atoms with E-state index in [0.717, 1.165) is 41.9 Å². The van der Waals surface area contributed by atoms with Crippen molar-refractivity contribution in [3.63, 3.8) is 0 Å². The van der Waals surface area contributed by atoms with Crippen LogP contribution in [-0.2, 0) is 12.8 Å². The summed E-state index contributed by atoms with van der Waals surface area (Å²) >= 11 is 0. The molecule has 3 aromatic rings. The number of rotatable bonds is 4. The van der Waals surface area contributed by atoms with Gasteiger partial charge in [0.1, 0.15) is 17.3 Å². The molecule has 0 saturated heterocycles. The van der Waals surface area contributed by atoms with Gasteiger partial charge in [-0.15, -0.1) is 0 Å². The molecule has 96 valence electrons. The van der Waals surface area contributed by atoms with Gasteiger partial charge >= 0.3 is 0 Å². The number of hydrogen-bond acceptors (Lipinski definition) is 3. The Bertz CT molecular complexity index is 711. The molecule has 0 saturated carbocycles. The number of carbonyl (C=O) groups excluding carboxylic acids is 1. The van der Waals surface area contributed by atoms with Gasteiger partial charge in [-0.1, -0.05) is 6.07 Å².